The van der Waals surface area contributed by atoms with Crippen LogP contribution in [0.25, 0.3) is 0 Å². The number of carbonyl (C=O) groups is 1. The maximum absolute atomic E-state index is 10.7. The van der Waals surface area contributed by atoms with Crippen LogP contribution in [0.5, 0.6) is 0 Å². The van der Waals surface area contributed by atoms with Gasteiger partial charge in [-0.1, -0.05) is 22.0 Å². The van der Waals surface area contributed by atoms with Crippen LogP contribution >= 0.6 is 15.9 Å². The van der Waals surface area contributed by atoms with E-state index in [0.717, 1.165) is 11.1 Å². The molecule has 0 fully saturated rings. The van der Waals surface area contributed by atoms with Crippen LogP contribution in [0.3, 0.4) is 0 Å². The number of amides is 1. The van der Waals surface area contributed by atoms with Crippen molar-refractivity contribution in [1.29, 1.82) is 0 Å². The number of halogens is 1. The lowest BCUT2D eigenvalue weighted by atomic mass is 10.1. The highest BCUT2D eigenvalue weighted by Gasteiger charge is 2.11. The maximum Gasteiger partial charge on any atom is 0.231 e. The molecule has 1 aromatic heterocycles. The van der Waals surface area contributed by atoms with Crippen LogP contribution in [0, 0.1) is 6.92 Å². The van der Waals surface area contributed by atoms with Crippen molar-refractivity contribution < 1.29 is 4.79 Å². The van der Waals surface area contributed by atoms with Crippen molar-refractivity contribution in [3.8, 4) is 0 Å². The Morgan fingerprint density at radius 3 is 2.92 bits per heavy atom. The molecule has 0 radical (unpaired) electrons. The molecule has 0 spiro atoms. The van der Waals surface area contributed by atoms with Gasteiger partial charge in [0.05, 0.1) is 4.83 Å². The zero-order valence-electron chi connectivity index (χ0n) is 7.33. The highest BCUT2D eigenvalue weighted by atomic mass is 79.9. The summed E-state index contributed by atoms with van der Waals surface area (Å²) in [6.45, 7) is 1.96. The molecule has 2 N–H and O–H groups in total. The number of rotatable bonds is 3. The van der Waals surface area contributed by atoms with Crippen LogP contribution in [-0.4, -0.2) is 15.7 Å². The first-order chi connectivity index (χ1) is 6.09. The van der Waals surface area contributed by atoms with Gasteiger partial charge in [0.2, 0.25) is 5.91 Å². The molecule has 1 heterocycles. The molecular weight excluding hydrogens is 232 g/mol. The van der Waals surface area contributed by atoms with Gasteiger partial charge in [0.25, 0.3) is 0 Å². The van der Waals surface area contributed by atoms with E-state index in [1.165, 1.54) is 0 Å². The van der Waals surface area contributed by atoms with Gasteiger partial charge in [0.15, 0.2) is 0 Å². The van der Waals surface area contributed by atoms with Gasteiger partial charge in [-0.25, -0.2) is 0 Å². The molecule has 13 heavy (non-hydrogen) atoms. The Bertz CT molecular complexity index is 314. The summed E-state index contributed by atoms with van der Waals surface area (Å²) in [7, 11) is 0. The highest BCUT2D eigenvalue weighted by Crippen LogP contribution is 2.09. The molecule has 4 heteroatoms. The van der Waals surface area contributed by atoms with Gasteiger partial charge in [0.1, 0.15) is 0 Å². The first-order valence-corrected chi connectivity index (χ1v) is 4.85. The fourth-order valence-corrected chi connectivity index (χ4v) is 1.41. The second-order valence-corrected chi connectivity index (χ2v) is 4.05. The van der Waals surface area contributed by atoms with E-state index in [0.29, 0.717) is 6.42 Å². The van der Waals surface area contributed by atoms with Crippen molar-refractivity contribution in [3.63, 3.8) is 0 Å². The largest absolute Gasteiger partial charge is 0.369 e. The molecule has 3 nitrogen and oxygen atoms in total. The van der Waals surface area contributed by atoms with Crippen LogP contribution in [-0.2, 0) is 11.2 Å². The molecule has 0 bridgehead atoms. The first kappa shape index (κ1) is 10.2. The molecule has 1 rings (SSSR count). The molecule has 1 aromatic rings. The average molecular weight is 243 g/mol. The number of alkyl halides is 1. The van der Waals surface area contributed by atoms with E-state index in [2.05, 4.69) is 20.9 Å². The zero-order valence-corrected chi connectivity index (χ0v) is 8.91. The van der Waals surface area contributed by atoms with E-state index in [1.807, 2.05) is 13.0 Å². The number of pyridine rings is 1. The molecule has 0 saturated heterocycles. The summed E-state index contributed by atoms with van der Waals surface area (Å²) in [5, 5.41) is 0. The molecule has 0 aliphatic rings. The number of nitrogens with two attached hydrogens (primary N) is 1. The fraction of sp³-hybridized carbons (Fsp3) is 0.333. The quantitative estimate of drug-likeness (QED) is 0.810. The molecule has 1 atom stereocenters. The lowest BCUT2D eigenvalue weighted by molar-refractivity contribution is -0.117. The molecule has 0 aliphatic heterocycles. The third-order valence-electron chi connectivity index (χ3n) is 1.66. The number of primary amides is 1. The molecule has 1 amide bonds. The van der Waals surface area contributed by atoms with Crippen LogP contribution in [0.1, 0.15) is 11.1 Å². The summed E-state index contributed by atoms with van der Waals surface area (Å²) in [4.78, 5) is 14.5. The predicted molar refractivity (Wildman–Crippen MR) is 54.6 cm³/mol. The Morgan fingerprint density at radius 1 is 1.69 bits per heavy atom. The van der Waals surface area contributed by atoms with E-state index in [1.54, 1.807) is 12.4 Å². The molecular formula is C9H11BrN2O. The normalized spacial score (nSPS) is 12.5. The Kier molecular flexibility index (Phi) is 3.42. The molecule has 0 saturated carbocycles. The number of carbonyl (C=O) groups excluding carboxylic acids is 1. The minimum atomic E-state index is -0.346. The SMILES string of the molecule is Cc1cncc(CC(Br)C(N)=O)c1. The first-order valence-electron chi connectivity index (χ1n) is 3.93. The monoisotopic (exact) mass is 242 g/mol. The summed E-state index contributed by atoms with van der Waals surface area (Å²) < 4.78 is 0. The van der Waals surface area contributed by atoms with Gasteiger partial charge in [-0.2, -0.15) is 0 Å². The van der Waals surface area contributed by atoms with Crippen molar-refractivity contribution in [2.45, 2.75) is 18.2 Å². The Labute approximate surface area is 85.5 Å². The van der Waals surface area contributed by atoms with Gasteiger partial charge in [-0.15, -0.1) is 0 Å². The number of aromatic nitrogens is 1. The highest BCUT2D eigenvalue weighted by molar-refractivity contribution is 9.10. The van der Waals surface area contributed by atoms with Gasteiger partial charge in [0, 0.05) is 12.4 Å². The van der Waals surface area contributed by atoms with Gasteiger partial charge >= 0.3 is 0 Å². The standard InChI is InChI=1S/C9H11BrN2O/c1-6-2-7(5-12-4-6)3-8(10)9(11)13/h2,4-5,8H,3H2,1H3,(H2,11,13). The Balaban J connectivity index is 2.69. The second-order valence-electron chi connectivity index (χ2n) is 2.94. The third kappa shape index (κ3) is 3.14. The van der Waals surface area contributed by atoms with E-state index < -0.39 is 0 Å². The smallest absolute Gasteiger partial charge is 0.231 e. The summed E-state index contributed by atoms with van der Waals surface area (Å²) in [6.07, 6.45) is 4.10. The average Bonchev–Trinajstić information content (AvgIpc) is 2.04. The third-order valence-corrected chi connectivity index (χ3v) is 2.43. The minimum Gasteiger partial charge on any atom is -0.369 e. The van der Waals surface area contributed by atoms with E-state index in [4.69, 9.17) is 5.73 Å². The predicted octanol–water partition coefficient (Wildman–Crippen LogP) is 1.18. The fourth-order valence-electron chi connectivity index (χ4n) is 1.04. The number of aryl methyl sites for hydroxylation is 1. The van der Waals surface area contributed by atoms with Gasteiger partial charge in [-0.05, 0) is 24.5 Å². The van der Waals surface area contributed by atoms with Crippen LogP contribution < -0.4 is 5.73 Å². The molecule has 70 valence electrons. The van der Waals surface area contributed by atoms with Crippen molar-refractivity contribution in [1.82, 2.24) is 4.98 Å². The maximum atomic E-state index is 10.7. The van der Waals surface area contributed by atoms with Gasteiger partial charge in [-0.3, -0.25) is 9.78 Å². The molecule has 1 unspecified atom stereocenters. The Morgan fingerprint density at radius 2 is 2.38 bits per heavy atom. The summed E-state index contributed by atoms with van der Waals surface area (Å²) >= 11 is 3.20. The van der Waals surface area contributed by atoms with Crippen molar-refractivity contribution in [2.75, 3.05) is 0 Å². The number of nitrogens with zero attached hydrogens (tertiary/aromatic N) is 1. The molecule has 0 aliphatic carbocycles. The van der Waals surface area contributed by atoms with Crippen LogP contribution in [0.4, 0.5) is 0 Å². The van der Waals surface area contributed by atoms with Crippen molar-refractivity contribution >= 4 is 21.8 Å². The number of hydrogen-bond donors (Lipinski definition) is 1. The summed E-state index contributed by atoms with van der Waals surface area (Å²) in [5.41, 5.74) is 7.22. The lowest BCUT2D eigenvalue weighted by Crippen LogP contribution is -2.25. The Hall–Kier alpha value is -0.900. The summed E-state index contributed by atoms with van der Waals surface area (Å²) in [5.74, 6) is -0.346. The second kappa shape index (κ2) is 4.37. The van der Waals surface area contributed by atoms with Gasteiger partial charge < -0.3 is 5.73 Å². The topological polar surface area (TPSA) is 56.0 Å². The minimum absolute atomic E-state index is 0.309. The van der Waals surface area contributed by atoms with Crippen molar-refractivity contribution in [2.24, 2.45) is 5.73 Å². The summed E-state index contributed by atoms with van der Waals surface area (Å²) in [6, 6.07) is 1.99. The molecule has 0 aromatic carbocycles. The van der Waals surface area contributed by atoms with Crippen LogP contribution in [0.15, 0.2) is 18.5 Å². The lowest BCUT2D eigenvalue weighted by Gasteiger charge is -2.05. The zero-order chi connectivity index (χ0) is 9.84. The van der Waals surface area contributed by atoms with E-state index in [-0.39, 0.29) is 10.7 Å². The van der Waals surface area contributed by atoms with E-state index in [9.17, 15) is 4.79 Å². The van der Waals surface area contributed by atoms with Crippen LogP contribution in [0.2, 0.25) is 0 Å². The van der Waals surface area contributed by atoms with E-state index >= 15 is 0 Å². The number of hydrogen-bond acceptors (Lipinski definition) is 2. The van der Waals surface area contributed by atoms with Crippen molar-refractivity contribution in [3.05, 3.63) is 29.6 Å².